The van der Waals surface area contributed by atoms with Gasteiger partial charge in [0.05, 0.1) is 6.61 Å². The predicted octanol–water partition coefficient (Wildman–Crippen LogP) is 3.15. The van der Waals surface area contributed by atoms with Crippen LogP contribution >= 0.6 is 22.9 Å². The fraction of sp³-hybridized carbons (Fsp3) is 0.231. The summed E-state index contributed by atoms with van der Waals surface area (Å²) in [5, 5.41) is 12.6. The molecule has 2 rings (SSSR count). The molecule has 1 aromatic heterocycles. The van der Waals surface area contributed by atoms with Crippen molar-refractivity contribution in [3.05, 3.63) is 46.3 Å². The molecular formula is C13H14ClNOS. The van der Waals surface area contributed by atoms with Gasteiger partial charge in [0, 0.05) is 27.9 Å². The highest BCUT2D eigenvalue weighted by atomic mass is 35.5. The molecule has 4 heteroatoms. The lowest BCUT2D eigenvalue weighted by molar-refractivity contribution is 0.292. The van der Waals surface area contributed by atoms with Gasteiger partial charge in [-0.2, -0.15) is 0 Å². The van der Waals surface area contributed by atoms with Crippen LogP contribution in [0, 0.1) is 0 Å². The van der Waals surface area contributed by atoms with Crippen molar-refractivity contribution >= 4 is 22.9 Å². The molecule has 0 atom stereocenters. The lowest BCUT2D eigenvalue weighted by Gasteiger charge is -1.99. The van der Waals surface area contributed by atoms with E-state index in [4.69, 9.17) is 16.7 Å². The molecule has 2 N–H and O–H groups in total. The SMILES string of the molecule is OCCNCc1ccc(-c2ccc(Cl)cc2)s1. The van der Waals surface area contributed by atoms with E-state index in [0.29, 0.717) is 6.54 Å². The number of nitrogens with one attached hydrogen (secondary N) is 1. The van der Waals surface area contributed by atoms with E-state index in [0.717, 1.165) is 11.6 Å². The largest absolute Gasteiger partial charge is 0.395 e. The average molecular weight is 268 g/mol. The molecule has 0 amide bonds. The summed E-state index contributed by atoms with van der Waals surface area (Å²) >= 11 is 7.61. The second-order valence-electron chi connectivity index (χ2n) is 3.67. The van der Waals surface area contributed by atoms with Gasteiger partial charge in [-0.05, 0) is 29.8 Å². The maximum Gasteiger partial charge on any atom is 0.0556 e. The molecular weight excluding hydrogens is 254 g/mol. The van der Waals surface area contributed by atoms with Gasteiger partial charge in [0.15, 0.2) is 0 Å². The van der Waals surface area contributed by atoms with Crippen molar-refractivity contribution in [3.8, 4) is 10.4 Å². The Morgan fingerprint density at radius 3 is 2.59 bits per heavy atom. The van der Waals surface area contributed by atoms with Crippen LogP contribution in [0.2, 0.25) is 5.02 Å². The molecule has 0 fully saturated rings. The van der Waals surface area contributed by atoms with Crippen molar-refractivity contribution in [1.82, 2.24) is 5.32 Å². The van der Waals surface area contributed by atoms with Gasteiger partial charge in [-0.1, -0.05) is 23.7 Å². The molecule has 0 aliphatic rings. The van der Waals surface area contributed by atoms with Crippen LogP contribution in [-0.2, 0) is 6.54 Å². The number of rotatable bonds is 5. The van der Waals surface area contributed by atoms with Gasteiger partial charge in [-0.25, -0.2) is 0 Å². The Kier molecular flexibility index (Phi) is 4.57. The van der Waals surface area contributed by atoms with Gasteiger partial charge in [0.2, 0.25) is 0 Å². The first kappa shape index (κ1) is 12.6. The van der Waals surface area contributed by atoms with E-state index < -0.39 is 0 Å². The average Bonchev–Trinajstić information content (AvgIpc) is 2.79. The van der Waals surface area contributed by atoms with Crippen molar-refractivity contribution in [3.63, 3.8) is 0 Å². The van der Waals surface area contributed by atoms with Gasteiger partial charge in [-0.3, -0.25) is 0 Å². The molecule has 0 spiro atoms. The summed E-state index contributed by atoms with van der Waals surface area (Å²) in [6.45, 7) is 1.61. The van der Waals surface area contributed by atoms with Gasteiger partial charge in [0.1, 0.15) is 0 Å². The van der Waals surface area contributed by atoms with Gasteiger partial charge in [0.25, 0.3) is 0 Å². The molecule has 90 valence electrons. The van der Waals surface area contributed by atoms with Crippen molar-refractivity contribution in [2.75, 3.05) is 13.2 Å². The summed E-state index contributed by atoms with van der Waals surface area (Å²) in [7, 11) is 0. The van der Waals surface area contributed by atoms with Crippen LogP contribution in [0.1, 0.15) is 4.88 Å². The van der Waals surface area contributed by atoms with Gasteiger partial charge < -0.3 is 10.4 Å². The molecule has 2 nitrogen and oxygen atoms in total. The van der Waals surface area contributed by atoms with Crippen LogP contribution in [0.5, 0.6) is 0 Å². The first-order valence-electron chi connectivity index (χ1n) is 5.46. The summed E-state index contributed by atoms with van der Waals surface area (Å²) in [6.07, 6.45) is 0. The van der Waals surface area contributed by atoms with E-state index in [1.165, 1.54) is 15.3 Å². The minimum Gasteiger partial charge on any atom is -0.395 e. The fourth-order valence-electron chi connectivity index (χ4n) is 1.53. The second-order valence-corrected chi connectivity index (χ2v) is 5.28. The summed E-state index contributed by atoms with van der Waals surface area (Å²) in [5.41, 5.74) is 1.19. The Morgan fingerprint density at radius 2 is 1.88 bits per heavy atom. The summed E-state index contributed by atoms with van der Waals surface area (Å²) in [6, 6.07) is 12.1. The zero-order valence-corrected chi connectivity index (χ0v) is 10.9. The number of benzene rings is 1. The Hall–Kier alpha value is -0.870. The molecule has 0 bridgehead atoms. The minimum atomic E-state index is 0.176. The highest BCUT2D eigenvalue weighted by Crippen LogP contribution is 2.28. The molecule has 1 aromatic carbocycles. The van der Waals surface area contributed by atoms with Crippen LogP contribution in [0.15, 0.2) is 36.4 Å². The standard InChI is InChI=1S/C13H14ClNOS/c14-11-3-1-10(2-4-11)13-6-5-12(17-13)9-15-7-8-16/h1-6,15-16H,7-9H2. The lowest BCUT2D eigenvalue weighted by atomic mass is 10.2. The van der Waals surface area contributed by atoms with E-state index in [1.54, 1.807) is 11.3 Å². The molecule has 1 heterocycles. The number of hydrogen-bond acceptors (Lipinski definition) is 3. The number of aliphatic hydroxyl groups excluding tert-OH is 1. The van der Waals surface area contributed by atoms with Crippen LogP contribution in [-0.4, -0.2) is 18.3 Å². The quantitative estimate of drug-likeness (QED) is 0.816. The van der Waals surface area contributed by atoms with Gasteiger partial charge in [-0.15, -0.1) is 11.3 Å². The Balaban J connectivity index is 2.04. The second kappa shape index (κ2) is 6.17. The topological polar surface area (TPSA) is 32.3 Å². The summed E-state index contributed by atoms with van der Waals surface area (Å²) in [4.78, 5) is 2.51. The maximum atomic E-state index is 8.68. The third-order valence-electron chi connectivity index (χ3n) is 2.38. The Labute approximate surface area is 110 Å². The normalized spacial score (nSPS) is 10.7. The van der Waals surface area contributed by atoms with Crippen LogP contribution in [0.4, 0.5) is 0 Å². The van der Waals surface area contributed by atoms with Crippen LogP contribution in [0.3, 0.4) is 0 Å². The number of hydrogen-bond donors (Lipinski definition) is 2. The summed E-state index contributed by atoms with van der Waals surface area (Å²) in [5.74, 6) is 0. The van der Waals surface area contributed by atoms with E-state index >= 15 is 0 Å². The minimum absolute atomic E-state index is 0.176. The Bertz CT molecular complexity index is 467. The first-order chi connectivity index (χ1) is 8.29. The zero-order chi connectivity index (χ0) is 12.1. The first-order valence-corrected chi connectivity index (χ1v) is 6.65. The van der Waals surface area contributed by atoms with Crippen molar-refractivity contribution in [2.45, 2.75) is 6.54 Å². The fourth-order valence-corrected chi connectivity index (χ4v) is 2.64. The highest BCUT2D eigenvalue weighted by molar-refractivity contribution is 7.15. The third-order valence-corrected chi connectivity index (χ3v) is 3.76. The molecule has 0 unspecified atom stereocenters. The molecule has 17 heavy (non-hydrogen) atoms. The van der Waals surface area contributed by atoms with Crippen molar-refractivity contribution in [1.29, 1.82) is 0 Å². The maximum absolute atomic E-state index is 8.68. The van der Waals surface area contributed by atoms with Crippen LogP contribution in [0.25, 0.3) is 10.4 Å². The molecule has 0 saturated carbocycles. The van der Waals surface area contributed by atoms with Crippen molar-refractivity contribution < 1.29 is 5.11 Å². The van der Waals surface area contributed by atoms with E-state index in [1.807, 2.05) is 24.3 Å². The molecule has 0 aliphatic carbocycles. The highest BCUT2D eigenvalue weighted by Gasteiger charge is 2.02. The number of thiophene rings is 1. The lowest BCUT2D eigenvalue weighted by Crippen LogP contribution is -2.16. The van der Waals surface area contributed by atoms with Crippen LogP contribution < -0.4 is 5.32 Å². The molecule has 0 aliphatic heterocycles. The third kappa shape index (κ3) is 3.54. The monoisotopic (exact) mass is 267 g/mol. The number of halogens is 1. The van der Waals surface area contributed by atoms with E-state index in [2.05, 4.69) is 17.4 Å². The molecule has 2 aromatic rings. The Morgan fingerprint density at radius 1 is 1.12 bits per heavy atom. The van der Waals surface area contributed by atoms with E-state index in [9.17, 15) is 0 Å². The molecule has 0 radical (unpaired) electrons. The number of aliphatic hydroxyl groups is 1. The van der Waals surface area contributed by atoms with Crippen molar-refractivity contribution in [2.24, 2.45) is 0 Å². The smallest absolute Gasteiger partial charge is 0.0556 e. The zero-order valence-electron chi connectivity index (χ0n) is 9.32. The summed E-state index contributed by atoms with van der Waals surface area (Å²) < 4.78 is 0. The molecule has 0 saturated heterocycles. The van der Waals surface area contributed by atoms with Gasteiger partial charge >= 0.3 is 0 Å². The predicted molar refractivity (Wildman–Crippen MR) is 73.6 cm³/mol. The van der Waals surface area contributed by atoms with E-state index in [-0.39, 0.29) is 6.61 Å².